The third-order valence-corrected chi connectivity index (χ3v) is 5.92. The van der Waals surface area contributed by atoms with E-state index >= 15 is 0 Å². The Morgan fingerprint density at radius 1 is 1.21 bits per heavy atom. The number of aromatic nitrogens is 3. The van der Waals surface area contributed by atoms with Gasteiger partial charge in [-0.05, 0) is 61.3 Å². The van der Waals surface area contributed by atoms with Crippen molar-refractivity contribution in [2.75, 3.05) is 36.7 Å². The number of anilines is 4. The van der Waals surface area contributed by atoms with Gasteiger partial charge in [-0.1, -0.05) is 0 Å². The van der Waals surface area contributed by atoms with Crippen molar-refractivity contribution < 1.29 is 8.60 Å². The molecule has 2 N–H and O–H groups in total. The molecule has 0 spiro atoms. The van der Waals surface area contributed by atoms with Crippen molar-refractivity contribution in [2.24, 2.45) is 4.36 Å². The van der Waals surface area contributed by atoms with Gasteiger partial charge in [0.15, 0.2) is 23.3 Å². The number of nitriles is 1. The van der Waals surface area contributed by atoms with Gasteiger partial charge in [0.1, 0.15) is 11.6 Å². The molecule has 3 heterocycles. The molecule has 1 aliphatic heterocycles. The first-order valence-electron chi connectivity index (χ1n) is 10.6. The molecule has 0 amide bonds. The maximum absolute atomic E-state index is 14.4. The first-order chi connectivity index (χ1) is 16.1. The van der Waals surface area contributed by atoms with E-state index in [0.29, 0.717) is 0 Å². The molecule has 1 aliphatic rings. The summed E-state index contributed by atoms with van der Waals surface area (Å²) in [5.41, 5.74) is 4.75. The molecule has 0 radical (unpaired) electrons. The zero-order valence-corrected chi connectivity index (χ0v) is 20.2. The molecule has 4 rings (SSSR count). The lowest BCUT2D eigenvalue weighted by Gasteiger charge is -2.27. The van der Waals surface area contributed by atoms with Crippen molar-refractivity contribution >= 4 is 38.8 Å². The average Bonchev–Trinajstić information content (AvgIpc) is 2.75. The Balaban J connectivity index is 1.65. The van der Waals surface area contributed by atoms with Crippen LogP contribution in [-0.4, -0.2) is 50.2 Å². The van der Waals surface area contributed by atoms with Gasteiger partial charge in [-0.3, -0.25) is 0 Å². The molecule has 9 nitrogen and oxygen atoms in total. The lowest BCUT2D eigenvalue weighted by molar-refractivity contribution is 0.312. The number of pyridine rings is 1. The van der Waals surface area contributed by atoms with Gasteiger partial charge in [0.25, 0.3) is 0 Å². The number of fused-ring (bicyclic) bond motifs is 1. The van der Waals surface area contributed by atoms with Crippen LogP contribution in [0.25, 0.3) is 0 Å². The van der Waals surface area contributed by atoms with Crippen LogP contribution in [0.5, 0.6) is 0 Å². The number of nitrogens with zero attached hydrogens (tertiary/aromatic N) is 6. The summed E-state index contributed by atoms with van der Waals surface area (Å²) in [6, 6.07) is 8.61. The Hall–Kier alpha value is -3.62. The van der Waals surface area contributed by atoms with E-state index in [0.717, 1.165) is 25.2 Å². The largest absolute Gasteiger partial charge is 0.324 e. The summed E-state index contributed by atoms with van der Waals surface area (Å²) in [6.07, 6.45) is 5.28. The van der Waals surface area contributed by atoms with E-state index in [1.165, 1.54) is 47.5 Å². The minimum atomic E-state index is -2.48. The molecular weight excluding hydrogens is 455 g/mol. The first-order valence-corrected chi connectivity index (χ1v) is 12.9. The van der Waals surface area contributed by atoms with Crippen LogP contribution in [0.3, 0.4) is 0 Å². The number of halogens is 1. The van der Waals surface area contributed by atoms with Crippen LogP contribution in [0.4, 0.5) is 33.5 Å². The predicted molar refractivity (Wildman–Crippen MR) is 131 cm³/mol. The zero-order valence-electron chi connectivity index (χ0n) is 19.4. The van der Waals surface area contributed by atoms with Gasteiger partial charge in [-0.25, -0.2) is 18.6 Å². The van der Waals surface area contributed by atoms with Gasteiger partial charge in [0, 0.05) is 41.0 Å². The van der Waals surface area contributed by atoms with Gasteiger partial charge in [0.05, 0.1) is 6.20 Å². The van der Waals surface area contributed by atoms with E-state index in [4.69, 9.17) is 0 Å². The third-order valence-electron chi connectivity index (χ3n) is 5.30. The van der Waals surface area contributed by atoms with Crippen LogP contribution in [0.2, 0.25) is 0 Å². The van der Waals surface area contributed by atoms with E-state index in [1.807, 2.05) is 12.1 Å². The number of rotatable bonds is 5. The minimum absolute atomic E-state index is 0.0895. The summed E-state index contributed by atoms with van der Waals surface area (Å²) in [5, 5.41) is 15.4. The smallest absolute Gasteiger partial charge is 0.229 e. The number of hydrogen-bond acceptors (Lipinski definition) is 9. The standard InChI is InChI=1S/C23H25FN8OS/c1-14-9-17(10-15-13-32(2)8-7-18(14)15)27-23-26-12-16(11-25)21(30-23)29-22-19(24)5-6-20(28-22)31-34(3,4)33/h5-6,9-10,12H,7-8,13H2,1-4H3,(H2,26,27,28,29,30). The van der Waals surface area contributed by atoms with E-state index in [1.54, 1.807) is 0 Å². The van der Waals surface area contributed by atoms with Crippen LogP contribution in [0.1, 0.15) is 22.3 Å². The summed E-state index contributed by atoms with van der Waals surface area (Å²) in [5.74, 6) is -0.398. The number of benzene rings is 1. The monoisotopic (exact) mass is 480 g/mol. The molecule has 3 aromatic rings. The summed E-state index contributed by atoms with van der Waals surface area (Å²) in [4.78, 5) is 15.0. The predicted octanol–water partition coefficient (Wildman–Crippen LogP) is 4.03. The highest BCUT2D eigenvalue weighted by atomic mass is 32.2. The van der Waals surface area contributed by atoms with Crippen LogP contribution >= 0.6 is 0 Å². The SMILES string of the molecule is Cc1cc(Nc2ncc(C#N)c(Nc3nc(N=S(C)(C)=O)ccc3F)n2)cc2c1CCN(C)C2. The molecule has 0 fully saturated rings. The molecule has 176 valence electrons. The molecule has 34 heavy (non-hydrogen) atoms. The maximum atomic E-state index is 14.4. The molecule has 0 unspecified atom stereocenters. The number of hydrogen-bond donors (Lipinski definition) is 2. The van der Waals surface area contributed by atoms with Crippen LogP contribution in [0.15, 0.2) is 34.8 Å². The third kappa shape index (κ3) is 5.47. The topological polar surface area (TPSA) is 119 Å². The summed E-state index contributed by atoms with van der Waals surface area (Å²) >= 11 is 0. The lowest BCUT2D eigenvalue weighted by atomic mass is 9.94. The normalized spacial score (nSPS) is 13.6. The zero-order chi connectivity index (χ0) is 24.5. The van der Waals surface area contributed by atoms with Crippen LogP contribution in [0, 0.1) is 24.1 Å². The maximum Gasteiger partial charge on any atom is 0.229 e. The van der Waals surface area contributed by atoms with Crippen molar-refractivity contribution in [2.45, 2.75) is 19.9 Å². The van der Waals surface area contributed by atoms with Gasteiger partial charge in [-0.2, -0.15) is 14.6 Å². The number of likely N-dealkylation sites (N-methyl/N-ethyl adjacent to an activating group) is 1. The van der Waals surface area contributed by atoms with Crippen LogP contribution in [-0.2, 0) is 22.7 Å². The van der Waals surface area contributed by atoms with Gasteiger partial charge >= 0.3 is 0 Å². The fourth-order valence-electron chi connectivity index (χ4n) is 3.79. The molecule has 0 saturated carbocycles. The fourth-order valence-corrected chi connectivity index (χ4v) is 4.34. The second-order valence-electron chi connectivity index (χ2n) is 8.51. The van der Waals surface area contributed by atoms with Crippen molar-refractivity contribution in [3.05, 3.63) is 58.5 Å². The highest BCUT2D eigenvalue weighted by Crippen LogP contribution is 2.28. The van der Waals surface area contributed by atoms with Crippen molar-refractivity contribution in [3.8, 4) is 6.07 Å². The molecule has 2 aromatic heterocycles. The highest BCUT2D eigenvalue weighted by molar-refractivity contribution is 7.92. The Morgan fingerprint density at radius 2 is 2.00 bits per heavy atom. The van der Waals surface area contributed by atoms with Gasteiger partial charge in [-0.15, -0.1) is 0 Å². The number of nitrogens with one attached hydrogen (secondary N) is 2. The summed E-state index contributed by atoms with van der Waals surface area (Å²) < 4.78 is 30.4. The Bertz CT molecular complexity index is 1420. The Labute approximate surface area is 198 Å². The van der Waals surface area contributed by atoms with Crippen molar-refractivity contribution in [1.29, 1.82) is 5.26 Å². The highest BCUT2D eigenvalue weighted by Gasteiger charge is 2.17. The Kier molecular flexibility index (Phi) is 6.45. The molecule has 0 saturated heterocycles. The van der Waals surface area contributed by atoms with E-state index < -0.39 is 15.5 Å². The molecule has 1 aromatic carbocycles. The number of aryl methyl sites for hydroxylation is 1. The molecule has 0 bridgehead atoms. The molecule has 0 aliphatic carbocycles. The van der Waals surface area contributed by atoms with E-state index in [-0.39, 0.29) is 29.0 Å². The molecular formula is C23H25FN8OS. The lowest BCUT2D eigenvalue weighted by Crippen LogP contribution is -2.27. The second-order valence-corrected chi connectivity index (χ2v) is 11.1. The first kappa shape index (κ1) is 23.5. The Morgan fingerprint density at radius 3 is 2.74 bits per heavy atom. The van der Waals surface area contributed by atoms with Crippen molar-refractivity contribution in [3.63, 3.8) is 0 Å². The van der Waals surface area contributed by atoms with Crippen molar-refractivity contribution in [1.82, 2.24) is 19.9 Å². The summed E-state index contributed by atoms with van der Waals surface area (Å²) in [7, 11) is -0.384. The fraction of sp³-hybridized carbons (Fsp3) is 0.304. The van der Waals surface area contributed by atoms with E-state index in [2.05, 4.69) is 54.9 Å². The summed E-state index contributed by atoms with van der Waals surface area (Å²) in [6.45, 7) is 3.97. The molecule has 0 atom stereocenters. The van der Waals surface area contributed by atoms with E-state index in [9.17, 15) is 13.9 Å². The quantitative estimate of drug-likeness (QED) is 0.562. The van der Waals surface area contributed by atoms with Crippen LogP contribution < -0.4 is 10.6 Å². The average molecular weight is 481 g/mol. The molecule has 11 heteroatoms. The van der Waals surface area contributed by atoms with Gasteiger partial charge in [0.2, 0.25) is 5.95 Å². The second kappa shape index (κ2) is 9.32. The minimum Gasteiger partial charge on any atom is -0.324 e. The van der Waals surface area contributed by atoms with Gasteiger partial charge < -0.3 is 15.5 Å².